The molecule has 0 spiro atoms. The van der Waals surface area contributed by atoms with Crippen molar-refractivity contribution in [3.8, 4) is 0 Å². The maximum atomic E-state index is 12.2. The number of carbonyl (C=O) groups is 2. The van der Waals surface area contributed by atoms with Crippen molar-refractivity contribution in [1.29, 1.82) is 0 Å². The predicted molar refractivity (Wildman–Crippen MR) is 80.9 cm³/mol. The number of carbonyl (C=O) groups excluding carboxylic acids is 2. The van der Waals surface area contributed by atoms with E-state index in [4.69, 9.17) is 9.47 Å². The first-order chi connectivity index (χ1) is 8.29. The van der Waals surface area contributed by atoms with Crippen LogP contribution in [0.25, 0.3) is 0 Å². The molecule has 4 fully saturated rings. The van der Waals surface area contributed by atoms with Gasteiger partial charge in [-0.2, -0.15) is 0 Å². The van der Waals surface area contributed by atoms with Crippen molar-refractivity contribution in [3.63, 3.8) is 0 Å². The lowest BCUT2D eigenvalue weighted by Gasteiger charge is -2.32. The molecule has 0 unspecified atom stereocenters. The molecule has 0 radical (unpaired) electrons. The Morgan fingerprint density at radius 1 is 0.833 bits per heavy atom. The van der Waals surface area contributed by atoms with Gasteiger partial charge in [-0.3, -0.25) is 9.59 Å². The Balaban J connectivity index is 2.13. The first kappa shape index (κ1) is 13.4. The lowest BCUT2D eigenvalue weighted by Crippen LogP contribution is -2.41. The van der Waals surface area contributed by atoms with Crippen LogP contribution in [0.5, 0.6) is 0 Å². The van der Waals surface area contributed by atoms with Gasteiger partial charge < -0.3 is 9.47 Å². The maximum Gasteiger partial charge on any atom is 0.313 e. The Bertz CT molecular complexity index is 427. The minimum absolute atomic E-state index is 0.146. The molecule has 4 saturated carbocycles. The molecule has 4 nitrogen and oxygen atoms in total. The molecule has 100 valence electrons. The lowest BCUT2D eigenvalue weighted by molar-refractivity contribution is -0.153. The highest BCUT2D eigenvalue weighted by Gasteiger charge is 2.87. The van der Waals surface area contributed by atoms with Gasteiger partial charge in [0.1, 0.15) is 0 Å². The van der Waals surface area contributed by atoms with Crippen LogP contribution >= 0.6 is 45.2 Å². The van der Waals surface area contributed by atoms with Gasteiger partial charge in [-0.25, -0.2) is 0 Å². The fraction of sp³-hybridized carbons (Fsp3) is 0.833. The molecule has 6 heteroatoms. The van der Waals surface area contributed by atoms with E-state index in [1.54, 1.807) is 0 Å². The Morgan fingerprint density at radius 2 is 1.22 bits per heavy atom. The highest BCUT2D eigenvalue weighted by Crippen LogP contribution is 2.84. The predicted octanol–water partition coefficient (Wildman–Crippen LogP) is 2.25. The van der Waals surface area contributed by atoms with E-state index in [2.05, 4.69) is 45.2 Å². The van der Waals surface area contributed by atoms with Crippen molar-refractivity contribution in [2.24, 2.45) is 10.8 Å². The number of esters is 2. The van der Waals surface area contributed by atoms with Gasteiger partial charge in [-0.15, -0.1) is 0 Å². The third-order valence-corrected chi connectivity index (χ3v) is 8.79. The van der Waals surface area contributed by atoms with Crippen molar-refractivity contribution >= 4 is 57.1 Å². The number of ether oxygens (including phenoxy) is 2. The van der Waals surface area contributed by atoms with Gasteiger partial charge in [-0.1, -0.05) is 45.2 Å². The van der Waals surface area contributed by atoms with Crippen LogP contribution in [0, 0.1) is 10.8 Å². The van der Waals surface area contributed by atoms with E-state index >= 15 is 0 Å². The molecule has 4 rings (SSSR count). The Morgan fingerprint density at radius 3 is 1.50 bits per heavy atom. The van der Waals surface area contributed by atoms with Gasteiger partial charge >= 0.3 is 11.9 Å². The number of hydrogen-bond acceptors (Lipinski definition) is 4. The molecule has 4 aliphatic carbocycles. The van der Waals surface area contributed by atoms with E-state index in [-0.39, 0.29) is 18.8 Å². The number of alkyl halides is 2. The molecule has 0 saturated heterocycles. The average Bonchev–Trinajstić information content (AvgIpc) is 2.87. The largest absolute Gasteiger partial charge is 0.469 e. The molecule has 4 atom stereocenters. The zero-order valence-corrected chi connectivity index (χ0v) is 14.5. The van der Waals surface area contributed by atoms with E-state index < -0.39 is 10.8 Å². The van der Waals surface area contributed by atoms with Crippen molar-refractivity contribution in [2.45, 2.75) is 32.5 Å². The molecule has 0 aromatic carbocycles. The van der Waals surface area contributed by atoms with E-state index in [0.717, 1.165) is 19.3 Å². The standard InChI is InChI=1S/C12H14I2O4/c1-17-7(15)9-3-10(8(16)18-2)5-11(9,13)6-12(10,14)4-9/h3-6H2,1-2H3/t9-,10-,11-,12-/m1/s1. The summed E-state index contributed by atoms with van der Waals surface area (Å²) >= 11 is 4.77. The molecule has 0 aromatic rings. The van der Waals surface area contributed by atoms with Crippen LogP contribution in [0.4, 0.5) is 0 Å². The molecule has 0 aromatic heterocycles. The lowest BCUT2D eigenvalue weighted by atomic mass is 9.80. The van der Waals surface area contributed by atoms with Crippen molar-refractivity contribution in [3.05, 3.63) is 0 Å². The van der Waals surface area contributed by atoms with E-state index in [0.29, 0.717) is 6.42 Å². The van der Waals surface area contributed by atoms with Crippen LogP contribution in [0.2, 0.25) is 0 Å². The van der Waals surface area contributed by atoms with Crippen molar-refractivity contribution < 1.29 is 19.1 Å². The van der Waals surface area contributed by atoms with E-state index in [1.165, 1.54) is 14.2 Å². The molecule has 4 bridgehead atoms. The number of methoxy groups -OCH3 is 2. The molecular weight excluding hydrogens is 462 g/mol. The molecule has 0 amide bonds. The quantitative estimate of drug-likeness (QED) is 0.349. The Labute approximate surface area is 133 Å². The SMILES string of the molecule is COC(=O)[C@@]12C[C@@]3(I)C[C@]1(I)C[C@@]3(C(=O)OC)C2. The second kappa shape index (κ2) is 3.53. The average molecular weight is 476 g/mol. The molecule has 0 aliphatic heterocycles. The molecule has 0 N–H and O–H groups in total. The molecule has 0 heterocycles. The summed E-state index contributed by atoms with van der Waals surface area (Å²) in [6.45, 7) is 0. The second-order valence-corrected chi connectivity index (χ2v) is 9.92. The zero-order valence-electron chi connectivity index (χ0n) is 10.2. The summed E-state index contributed by atoms with van der Waals surface area (Å²) < 4.78 is 9.75. The van der Waals surface area contributed by atoms with Crippen molar-refractivity contribution in [2.75, 3.05) is 14.2 Å². The highest BCUT2D eigenvalue weighted by molar-refractivity contribution is 14.1. The first-order valence-corrected chi connectivity index (χ1v) is 8.00. The maximum absolute atomic E-state index is 12.2. The van der Waals surface area contributed by atoms with E-state index in [9.17, 15) is 9.59 Å². The third-order valence-electron chi connectivity index (χ3n) is 5.20. The topological polar surface area (TPSA) is 52.6 Å². The summed E-state index contributed by atoms with van der Waals surface area (Å²) in [4.78, 5) is 24.5. The number of rotatable bonds is 2. The van der Waals surface area contributed by atoms with Gasteiger partial charge in [0.05, 0.1) is 25.0 Å². The highest BCUT2D eigenvalue weighted by atomic mass is 127. The monoisotopic (exact) mass is 476 g/mol. The Kier molecular flexibility index (Phi) is 2.63. The van der Waals surface area contributed by atoms with Crippen molar-refractivity contribution in [1.82, 2.24) is 0 Å². The molecule has 18 heavy (non-hydrogen) atoms. The minimum Gasteiger partial charge on any atom is -0.469 e. The van der Waals surface area contributed by atoms with Crippen LogP contribution in [-0.4, -0.2) is 33.0 Å². The summed E-state index contributed by atoms with van der Waals surface area (Å²) in [6, 6.07) is 0. The number of halogens is 2. The van der Waals surface area contributed by atoms with Gasteiger partial charge in [-0.05, 0) is 25.7 Å². The summed E-state index contributed by atoms with van der Waals surface area (Å²) in [5.74, 6) is -0.308. The van der Waals surface area contributed by atoms with Gasteiger partial charge in [0, 0.05) is 6.84 Å². The van der Waals surface area contributed by atoms with Gasteiger partial charge in [0.2, 0.25) is 0 Å². The summed E-state index contributed by atoms with van der Waals surface area (Å²) in [5.41, 5.74) is -0.977. The normalized spacial score (nSPS) is 51.8. The third kappa shape index (κ3) is 1.14. The molecular formula is C12H14I2O4. The van der Waals surface area contributed by atoms with E-state index in [1.807, 2.05) is 0 Å². The Hall–Kier alpha value is 0.400. The summed E-state index contributed by atoms with van der Waals surface area (Å²) in [7, 11) is 2.87. The second-order valence-electron chi connectivity index (χ2n) is 5.79. The fourth-order valence-corrected chi connectivity index (χ4v) is 9.06. The first-order valence-electron chi connectivity index (χ1n) is 5.84. The summed E-state index contributed by atoms with van der Waals surface area (Å²) in [5, 5.41) is 0. The molecule has 4 aliphatic rings. The minimum atomic E-state index is -0.488. The zero-order chi connectivity index (χ0) is 13.4. The fourth-order valence-electron chi connectivity index (χ4n) is 4.52. The number of hydrogen-bond donors (Lipinski definition) is 0. The van der Waals surface area contributed by atoms with Gasteiger partial charge in [0.25, 0.3) is 0 Å². The van der Waals surface area contributed by atoms with Crippen LogP contribution in [-0.2, 0) is 19.1 Å². The van der Waals surface area contributed by atoms with Crippen LogP contribution < -0.4 is 0 Å². The smallest absolute Gasteiger partial charge is 0.313 e. The van der Waals surface area contributed by atoms with Crippen LogP contribution in [0.15, 0.2) is 0 Å². The van der Waals surface area contributed by atoms with Crippen LogP contribution in [0.3, 0.4) is 0 Å². The van der Waals surface area contributed by atoms with Gasteiger partial charge in [0.15, 0.2) is 0 Å². The summed E-state index contributed by atoms with van der Waals surface area (Å²) in [6.07, 6.45) is 2.97. The van der Waals surface area contributed by atoms with Crippen LogP contribution in [0.1, 0.15) is 25.7 Å².